The van der Waals surface area contributed by atoms with E-state index in [0.29, 0.717) is 5.37 Å². The third-order valence-electron chi connectivity index (χ3n) is 1.62. The van der Waals surface area contributed by atoms with Crippen molar-refractivity contribution in [3.05, 3.63) is 22.4 Å². The molecule has 2 heterocycles. The molecule has 0 aliphatic carbocycles. The first kappa shape index (κ1) is 6.70. The molecule has 0 aromatic carbocycles. The maximum absolute atomic E-state index is 2.41. The molecular weight excluding hydrogens is 162 g/mol. The van der Waals surface area contributed by atoms with Crippen LogP contribution in [0.4, 0.5) is 0 Å². The van der Waals surface area contributed by atoms with E-state index in [1.807, 2.05) is 11.3 Å². The van der Waals surface area contributed by atoms with Gasteiger partial charge in [-0.1, -0.05) is 17.8 Å². The van der Waals surface area contributed by atoms with Gasteiger partial charge in [0.1, 0.15) is 0 Å². The molecule has 0 radical (unpaired) electrons. The van der Waals surface area contributed by atoms with Crippen LogP contribution in [0.2, 0.25) is 0 Å². The largest absolute Gasteiger partial charge is 0.330 e. The van der Waals surface area contributed by atoms with E-state index in [1.54, 1.807) is 0 Å². The number of quaternary nitrogens is 1. The molecular formula is C7H10NS2+. The molecule has 2 N–H and O–H groups in total. The van der Waals surface area contributed by atoms with Gasteiger partial charge in [0.25, 0.3) is 0 Å². The standard InChI is InChI=1S/C7H9NS2/c1-2-6(9-4-1)7-8-3-5-10-7/h1-2,4,7-8H,3,5H2/p+1/t7-/m0/s1. The molecule has 0 unspecified atom stereocenters. The van der Waals surface area contributed by atoms with Crippen LogP contribution < -0.4 is 5.32 Å². The summed E-state index contributed by atoms with van der Waals surface area (Å²) >= 11 is 3.92. The highest BCUT2D eigenvalue weighted by Gasteiger charge is 2.21. The molecule has 1 aliphatic heterocycles. The third kappa shape index (κ3) is 1.21. The maximum Gasteiger partial charge on any atom is 0.168 e. The van der Waals surface area contributed by atoms with Gasteiger partial charge in [-0.3, -0.25) is 0 Å². The lowest BCUT2D eigenvalue weighted by atomic mass is 10.4. The molecule has 0 saturated carbocycles. The molecule has 1 nitrogen and oxygen atoms in total. The van der Waals surface area contributed by atoms with Crippen molar-refractivity contribution in [1.82, 2.24) is 0 Å². The van der Waals surface area contributed by atoms with Crippen molar-refractivity contribution in [2.24, 2.45) is 0 Å². The molecule has 2 rings (SSSR count). The topological polar surface area (TPSA) is 16.6 Å². The van der Waals surface area contributed by atoms with Crippen molar-refractivity contribution in [2.75, 3.05) is 12.3 Å². The summed E-state index contributed by atoms with van der Waals surface area (Å²) in [5, 5.41) is 5.28. The van der Waals surface area contributed by atoms with Crippen molar-refractivity contribution >= 4 is 23.1 Å². The predicted octanol–water partition coefficient (Wildman–Crippen LogP) is 1.06. The Bertz CT molecular complexity index is 189. The lowest BCUT2D eigenvalue weighted by Gasteiger charge is -2.00. The highest BCUT2D eigenvalue weighted by molar-refractivity contribution is 7.99. The number of hydrogen-bond acceptors (Lipinski definition) is 2. The van der Waals surface area contributed by atoms with Crippen LogP contribution in [0.25, 0.3) is 0 Å². The fraction of sp³-hybridized carbons (Fsp3) is 0.429. The van der Waals surface area contributed by atoms with Gasteiger partial charge in [0, 0.05) is 5.75 Å². The SMILES string of the molecule is c1csc([C@H]2[NH2+]CCS2)c1. The Morgan fingerprint density at radius 1 is 1.60 bits per heavy atom. The van der Waals surface area contributed by atoms with Crippen LogP contribution in [0.15, 0.2) is 17.5 Å². The van der Waals surface area contributed by atoms with Crippen LogP contribution in [0.1, 0.15) is 10.3 Å². The normalized spacial score (nSPS) is 25.4. The molecule has 3 heteroatoms. The summed E-state index contributed by atoms with van der Waals surface area (Å²) in [5.41, 5.74) is 0. The molecule has 1 aromatic rings. The summed E-state index contributed by atoms with van der Waals surface area (Å²) in [7, 11) is 0. The Hall–Kier alpha value is 0.01000. The third-order valence-corrected chi connectivity index (χ3v) is 4.00. The summed E-state index contributed by atoms with van der Waals surface area (Å²) in [5.74, 6) is 1.31. The minimum absolute atomic E-state index is 0.708. The van der Waals surface area contributed by atoms with Crippen molar-refractivity contribution in [1.29, 1.82) is 0 Å². The van der Waals surface area contributed by atoms with Gasteiger partial charge in [-0.25, -0.2) is 0 Å². The summed E-state index contributed by atoms with van der Waals surface area (Å²) in [6.07, 6.45) is 0. The number of nitrogens with two attached hydrogens (primary N) is 1. The molecule has 10 heavy (non-hydrogen) atoms. The van der Waals surface area contributed by atoms with Crippen LogP contribution in [0.3, 0.4) is 0 Å². The van der Waals surface area contributed by atoms with Gasteiger partial charge in [0.15, 0.2) is 5.37 Å². The van der Waals surface area contributed by atoms with Gasteiger partial charge in [-0.05, 0) is 11.4 Å². The zero-order valence-corrected chi connectivity index (χ0v) is 7.25. The van der Waals surface area contributed by atoms with E-state index in [4.69, 9.17) is 0 Å². The van der Waals surface area contributed by atoms with Gasteiger partial charge in [-0.15, -0.1) is 11.3 Å². The minimum atomic E-state index is 0.708. The molecule has 1 aliphatic rings. The average molecular weight is 172 g/mol. The van der Waals surface area contributed by atoms with E-state index < -0.39 is 0 Å². The van der Waals surface area contributed by atoms with E-state index in [0.717, 1.165) is 0 Å². The van der Waals surface area contributed by atoms with Gasteiger partial charge in [-0.2, -0.15) is 0 Å². The lowest BCUT2D eigenvalue weighted by Crippen LogP contribution is -2.81. The summed E-state index contributed by atoms with van der Waals surface area (Å²) in [6, 6.07) is 4.36. The van der Waals surface area contributed by atoms with Gasteiger partial charge >= 0.3 is 0 Å². The molecule has 0 bridgehead atoms. The second-order valence-electron chi connectivity index (χ2n) is 2.33. The fourth-order valence-corrected chi connectivity index (χ4v) is 3.25. The van der Waals surface area contributed by atoms with Crippen molar-refractivity contribution in [3.8, 4) is 0 Å². The highest BCUT2D eigenvalue weighted by atomic mass is 32.2. The van der Waals surface area contributed by atoms with Crippen LogP contribution in [0, 0.1) is 0 Å². The number of hydrogen-bond donors (Lipinski definition) is 1. The van der Waals surface area contributed by atoms with Crippen molar-refractivity contribution < 1.29 is 5.32 Å². The highest BCUT2D eigenvalue weighted by Crippen LogP contribution is 2.27. The van der Waals surface area contributed by atoms with Crippen LogP contribution in [0.5, 0.6) is 0 Å². The Balaban J connectivity index is 2.12. The predicted molar refractivity (Wildman–Crippen MR) is 46.3 cm³/mol. The quantitative estimate of drug-likeness (QED) is 0.670. The zero-order chi connectivity index (χ0) is 6.81. The Morgan fingerprint density at radius 2 is 2.60 bits per heavy atom. The summed E-state index contributed by atoms with van der Waals surface area (Å²) in [6.45, 7) is 1.28. The molecule has 1 fully saturated rings. The Kier molecular flexibility index (Phi) is 1.97. The number of rotatable bonds is 1. The zero-order valence-electron chi connectivity index (χ0n) is 5.62. The van der Waals surface area contributed by atoms with Gasteiger partial charge in [0.2, 0.25) is 0 Å². The first-order chi connectivity index (χ1) is 4.97. The molecule has 0 amide bonds. The first-order valence-electron chi connectivity index (χ1n) is 3.45. The van der Waals surface area contributed by atoms with E-state index in [-0.39, 0.29) is 0 Å². The van der Waals surface area contributed by atoms with Crippen molar-refractivity contribution in [2.45, 2.75) is 5.37 Å². The smallest absolute Gasteiger partial charge is 0.168 e. The molecule has 1 saturated heterocycles. The average Bonchev–Trinajstić information content (AvgIpc) is 2.59. The lowest BCUT2D eigenvalue weighted by molar-refractivity contribution is -0.662. The molecule has 0 spiro atoms. The van der Waals surface area contributed by atoms with Gasteiger partial charge in [0.05, 0.1) is 11.4 Å². The maximum atomic E-state index is 2.41. The van der Waals surface area contributed by atoms with Gasteiger partial charge < -0.3 is 5.32 Å². The second-order valence-corrected chi connectivity index (χ2v) is 4.56. The molecule has 54 valence electrons. The minimum Gasteiger partial charge on any atom is -0.330 e. The summed E-state index contributed by atoms with van der Waals surface area (Å²) in [4.78, 5) is 1.52. The fourth-order valence-electron chi connectivity index (χ4n) is 1.13. The van der Waals surface area contributed by atoms with E-state index >= 15 is 0 Å². The Morgan fingerprint density at radius 3 is 3.20 bits per heavy atom. The Labute approximate surface area is 68.8 Å². The van der Waals surface area contributed by atoms with E-state index in [9.17, 15) is 0 Å². The number of thioether (sulfide) groups is 1. The van der Waals surface area contributed by atoms with Crippen LogP contribution in [-0.4, -0.2) is 12.3 Å². The van der Waals surface area contributed by atoms with Crippen molar-refractivity contribution in [3.63, 3.8) is 0 Å². The first-order valence-corrected chi connectivity index (χ1v) is 5.38. The van der Waals surface area contributed by atoms with Crippen LogP contribution in [-0.2, 0) is 0 Å². The van der Waals surface area contributed by atoms with E-state index in [2.05, 4.69) is 34.6 Å². The van der Waals surface area contributed by atoms with Crippen LogP contribution >= 0.6 is 23.1 Å². The monoisotopic (exact) mass is 172 g/mol. The molecule has 1 aromatic heterocycles. The molecule has 1 atom stereocenters. The van der Waals surface area contributed by atoms with E-state index in [1.165, 1.54) is 17.2 Å². The second kappa shape index (κ2) is 2.95. The summed E-state index contributed by atoms with van der Waals surface area (Å²) < 4.78 is 0. The number of thiophene rings is 1.